The Hall–Kier alpha value is -0.870. The topological polar surface area (TPSA) is 33.1 Å². The molecule has 0 spiro atoms. The third kappa shape index (κ3) is 4.77. The number of aryl methyl sites for hydroxylation is 1. The number of nitrogens with zero attached hydrogens (tertiary/aromatic N) is 3. The minimum absolute atomic E-state index is 0.950. The fourth-order valence-electron chi connectivity index (χ4n) is 1.68. The van der Waals surface area contributed by atoms with Crippen molar-refractivity contribution >= 4 is 0 Å². The molecule has 0 atom stereocenters. The van der Waals surface area contributed by atoms with Crippen molar-refractivity contribution in [3.63, 3.8) is 0 Å². The van der Waals surface area contributed by atoms with E-state index in [2.05, 4.69) is 29.2 Å². The fourth-order valence-corrected chi connectivity index (χ4v) is 1.68. The maximum Gasteiger partial charge on any atom is 0.0593 e. The van der Waals surface area contributed by atoms with Gasteiger partial charge in [0.15, 0.2) is 0 Å². The van der Waals surface area contributed by atoms with Gasteiger partial charge in [-0.2, -0.15) is 5.10 Å². The highest BCUT2D eigenvalue weighted by atomic mass is 15.3. The van der Waals surface area contributed by atoms with E-state index in [1.54, 1.807) is 0 Å². The first-order valence-electron chi connectivity index (χ1n) is 6.19. The number of rotatable bonds is 8. The number of likely N-dealkylation sites (N-methyl/N-ethyl adjacent to an activating group) is 1. The zero-order chi connectivity index (χ0) is 11.8. The van der Waals surface area contributed by atoms with Crippen LogP contribution in [0.25, 0.3) is 0 Å². The van der Waals surface area contributed by atoms with Gasteiger partial charge in [-0.25, -0.2) is 0 Å². The Kier molecular flexibility index (Phi) is 6.11. The smallest absolute Gasteiger partial charge is 0.0593 e. The van der Waals surface area contributed by atoms with Crippen LogP contribution in [-0.2, 0) is 6.54 Å². The lowest BCUT2D eigenvalue weighted by molar-refractivity contribution is 0.301. The standard InChI is InChI=1S/C12H24N4/c1-4-15(5-2)10-7-13-8-11-16-9-6-12(3)14-16/h6,9,13H,4-5,7-8,10-11H2,1-3H3. The lowest BCUT2D eigenvalue weighted by Gasteiger charge is -2.17. The van der Waals surface area contributed by atoms with Crippen molar-refractivity contribution < 1.29 is 0 Å². The molecule has 1 aromatic rings. The van der Waals surface area contributed by atoms with Crippen LogP contribution < -0.4 is 5.32 Å². The van der Waals surface area contributed by atoms with E-state index in [0.29, 0.717) is 0 Å². The molecule has 0 bridgehead atoms. The van der Waals surface area contributed by atoms with Crippen LogP contribution in [-0.4, -0.2) is 47.4 Å². The summed E-state index contributed by atoms with van der Waals surface area (Å²) in [5, 5.41) is 7.78. The first-order chi connectivity index (χ1) is 7.76. The van der Waals surface area contributed by atoms with Crippen molar-refractivity contribution in [1.82, 2.24) is 20.0 Å². The Morgan fingerprint density at radius 1 is 1.31 bits per heavy atom. The van der Waals surface area contributed by atoms with Gasteiger partial charge in [-0.15, -0.1) is 0 Å². The first-order valence-corrected chi connectivity index (χ1v) is 6.19. The minimum Gasteiger partial charge on any atom is -0.314 e. The molecule has 0 aliphatic rings. The molecule has 0 unspecified atom stereocenters. The average molecular weight is 224 g/mol. The van der Waals surface area contributed by atoms with Gasteiger partial charge in [0.2, 0.25) is 0 Å². The summed E-state index contributed by atoms with van der Waals surface area (Å²) in [6, 6.07) is 2.04. The third-order valence-corrected chi connectivity index (χ3v) is 2.79. The van der Waals surface area contributed by atoms with E-state index in [4.69, 9.17) is 0 Å². The van der Waals surface area contributed by atoms with Gasteiger partial charge in [-0.3, -0.25) is 4.68 Å². The maximum absolute atomic E-state index is 4.34. The molecule has 0 saturated carbocycles. The molecule has 0 amide bonds. The second kappa shape index (κ2) is 7.41. The molecule has 0 aromatic carbocycles. The van der Waals surface area contributed by atoms with Gasteiger partial charge < -0.3 is 10.2 Å². The molecule has 0 aliphatic heterocycles. The summed E-state index contributed by atoms with van der Waals surface area (Å²) in [6.45, 7) is 12.8. The van der Waals surface area contributed by atoms with Crippen molar-refractivity contribution in [3.05, 3.63) is 18.0 Å². The van der Waals surface area contributed by atoms with Crippen LogP contribution >= 0.6 is 0 Å². The summed E-state index contributed by atoms with van der Waals surface area (Å²) >= 11 is 0. The summed E-state index contributed by atoms with van der Waals surface area (Å²) in [4.78, 5) is 2.42. The van der Waals surface area contributed by atoms with Gasteiger partial charge >= 0.3 is 0 Å². The zero-order valence-electron chi connectivity index (χ0n) is 10.7. The molecular weight excluding hydrogens is 200 g/mol. The molecule has 1 heterocycles. The fraction of sp³-hybridized carbons (Fsp3) is 0.750. The van der Waals surface area contributed by atoms with Crippen LogP contribution in [0.4, 0.5) is 0 Å². The summed E-state index contributed by atoms with van der Waals surface area (Å²) in [5.74, 6) is 0. The van der Waals surface area contributed by atoms with Crippen LogP contribution in [0.1, 0.15) is 19.5 Å². The Balaban J connectivity index is 2.04. The van der Waals surface area contributed by atoms with E-state index in [1.807, 2.05) is 23.9 Å². The van der Waals surface area contributed by atoms with Gasteiger partial charge in [0.25, 0.3) is 0 Å². The Morgan fingerprint density at radius 2 is 2.06 bits per heavy atom. The van der Waals surface area contributed by atoms with Gasteiger partial charge in [-0.05, 0) is 26.1 Å². The van der Waals surface area contributed by atoms with Gasteiger partial charge in [0, 0.05) is 25.8 Å². The number of aromatic nitrogens is 2. The zero-order valence-corrected chi connectivity index (χ0v) is 10.7. The van der Waals surface area contributed by atoms with Crippen LogP contribution in [0.2, 0.25) is 0 Å². The molecule has 0 aliphatic carbocycles. The second-order valence-corrected chi connectivity index (χ2v) is 4.00. The monoisotopic (exact) mass is 224 g/mol. The quantitative estimate of drug-likeness (QED) is 0.672. The molecular formula is C12H24N4. The van der Waals surface area contributed by atoms with E-state index in [0.717, 1.165) is 45.0 Å². The normalized spacial score (nSPS) is 11.2. The summed E-state index contributed by atoms with van der Waals surface area (Å²) in [5.41, 5.74) is 1.09. The van der Waals surface area contributed by atoms with Crippen LogP contribution in [0, 0.1) is 6.92 Å². The van der Waals surface area contributed by atoms with E-state index < -0.39 is 0 Å². The van der Waals surface area contributed by atoms with E-state index >= 15 is 0 Å². The van der Waals surface area contributed by atoms with Crippen molar-refractivity contribution in [2.24, 2.45) is 0 Å². The van der Waals surface area contributed by atoms with Gasteiger partial charge in [0.1, 0.15) is 0 Å². The molecule has 1 aromatic heterocycles. The predicted octanol–water partition coefficient (Wildman–Crippen LogP) is 1.12. The number of hydrogen-bond donors (Lipinski definition) is 1. The molecule has 0 radical (unpaired) electrons. The van der Waals surface area contributed by atoms with Crippen molar-refractivity contribution in [3.8, 4) is 0 Å². The molecule has 0 saturated heterocycles. The molecule has 1 rings (SSSR count). The van der Waals surface area contributed by atoms with Crippen molar-refractivity contribution in [2.75, 3.05) is 32.7 Å². The van der Waals surface area contributed by atoms with E-state index in [1.165, 1.54) is 0 Å². The minimum atomic E-state index is 0.950. The lowest BCUT2D eigenvalue weighted by atomic mass is 10.4. The Bertz CT molecular complexity index is 278. The average Bonchev–Trinajstić information content (AvgIpc) is 2.70. The lowest BCUT2D eigenvalue weighted by Crippen LogP contribution is -2.33. The van der Waals surface area contributed by atoms with Gasteiger partial charge in [-0.1, -0.05) is 13.8 Å². The summed E-state index contributed by atoms with van der Waals surface area (Å²) < 4.78 is 1.99. The molecule has 92 valence electrons. The summed E-state index contributed by atoms with van der Waals surface area (Å²) in [7, 11) is 0. The van der Waals surface area contributed by atoms with Crippen LogP contribution in [0.15, 0.2) is 12.3 Å². The number of hydrogen-bond acceptors (Lipinski definition) is 3. The SMILES string of the molecule is CCN(CC)CCNCCn1ccc(C)n1. The van der Waals surface area contributed by atoms with Crippen molar-refractivity contribution in [1.29, 1.82) is 0 Å². The second-order valence-electron chi connectivity index (χ2n) is 4.00. The van der Waals surface area contributed by atoms with Crippen LogP contribution in [0.3, 0.4) is 0 Å². The largest absolute Gasteiger partial charge is 0.314 e. The molecule has 4 nitrogen and oxygen atoms in total. The maximum atomic E-state index is 4.34. The number of nitrogens with one attached hydrogen (secondary N) is 1. The molecule has 4 heteroatoms. The van der Waals surface area contributed by atoms with E-state index in [9.17, 15) is 0 Å². The first kappa shape index (κ1) is 13.2. The van der Waals surface area contributed by atoms with E-state index in [-0.39, 0.29) is 0 Å². The highest BCUT2D eigenvalue weighted by Gasteiger charge is 1.97. The third-order valence-electron chi connectivity index (χ3n) is 2.79. The van der Waals surface area contributed by atoms with Crippen LogP contribution in [0.5, 0.6) is 0 Å². The Labute approximate surface area is 98.6 Å². The summed E-state index contributed by atoms with van der Waals surface area (Å²) in [6.07, 6.45) is 2.03. The highest BCUT2D eigenvalue weighted by molar-refractivity contribution is 4.94. The Morgan fingerprint density at radius 3 is 2.62 bits per heavy atom. The molecule has 1 N–H and O–H groups in total. The molecule has 0 fully saturated rings. The van der Waals surface area contributed by atoms with Crippen molar-refractivity contribution in [2.45, 2.75) is 27.3 Å². The predicted molar refractivity (Wildman–Crippen MR) is 67.6 cm³/mol. The van der Waals surface area contributed by atoms with Gasteiger partial charge in [0.05, 0.1) is 12.2 Å². The molecule has 16 heavy (non-hydrogen) atoms. The highest BCUT2D eigenvalue weighted by Crippen LogP contribution is 1.91.